The zero-order chi connectivity index (χ0) is 19.0. The lowest BCUT2D eigenvalue weighted by Crippen LogP contribution is -2.35. The third-order valence-electron chi connectivity index (χ3n) is 2.58. The van der Waals surface area contributed by atoms with Crippen molar-refractivity contribution in [1.29, 1.82) is 0 Å². The van der Waals surface area contributed by atoms with E-state index in [1.54, 1.807) is 0 Å². The molecule has 0 aliphatic rings. The van der Waals surface area contributed by atoms with Gasteiger partial charge in [0.1, 0.15) is 5.69 Å². The molecule has 0 aromatic carbocycles. The molecule has 0 saturated carbocycles. The number of carboxylic acids is 2. The van der Waals surface area contributed by atoms with Crippen molar-refractivity contribution in [2.45, 2.75) is 31.4 Å². The molecule has 0 fully saturated rings. The number of nitrogens with zero attached hydrogens (tertiary/aromatic N) is 1. The summed E-state index contributed by atoms with van der Waals surface area (Å²) in [5, 5.41) is 19.6. The van der Waals surface area contributed by atoms with Crippen molar-refractivity contribution < 1.29 is 41.8 Å². The summed E-state index contributed by atoms with van der Waals surface area (Å²) in [4.78, 5) is 24.6. The van der Waals surface area contributed by atoms with E-state index in [2.05, 4.69) is 21.9 Å². The third kappa shape index (κ3) is 4.02. The maximum absolute atomic E-state index is 13.3. The third-order valence-corrected chi connectivity index (χ3v) is 2.75. The fourth-order valence-corrected chi connectivity index (χ4v) is 1.96. The Balaban J connectivity index is 4.10. The molecule has 6 nitrogen and oxygen atoms in total. The second-order valence-corrected chi connectivity index (χ2v) is 5.28. The summed E-state index contributed by atoms with van der Waals surface area (Å²) in [5.41, 5.74) is -8.88. The minimum atomic E-state index is -5.50. The molecule has 0 radical (unpaired) electrons. The van der Waals surface area contributed by atoms with Crippen LogP contribution < -0.4 is 15.5 Å². The van der Waals surface area contributed by atoms with Gasteiger partial charge >= 0.3 is 11.6 Å². The molecule has 0 spiro atoms. The van der Waals surface area contributed by atoms with E-state index in [1.807, 2.05) is 0 Å². The van der Waals surface area contributed by atoms with E-state index in [0.717, 1.165) is 0 Å². The van der Waals surface area contributed by atoms with Crippen molar-refractivity contribution in [3.05, 3.63) is 22.5 Å². The smallest absolute Gasteiger partial charge is 0.434 e. The van der Waals surface area contributed by atoms with E-state index in [9.17, 15) is 41.8 Å². The summed E-state index contributed by atoms with van der Waals surface area (Å²) < 4.78 is 65.7. The topological polar surface area (TPSA) is 105 Å². The molecular weight excluding hydrogens is 367 g/mol. The lowest BCUT2D eigenvalue weighted by molar-refractivity contribution is -0.255. The van der Waals surface area contributed by atoms with E-state index in [1.165, 1.54) is 13.8 Å². The molecule has 1 heterocycles. The first-order valence-electron chi connectivity index (χ1n) is 6.09. The first-order chi connectivity index (χ1) is 10.7. The number of hydrogen-bond acceptors (Lipinski definition) is 6. The van der Waals surface area contributed by atoms with Crippen LogP contribution in [0.15, 0.2) is 0 Å². The molecule has 12 heteroatoms. The highest BCUT2D eigenvalue weighted by atomic mass is 35.5. The van der Waals surface area contributed by atoms with Crippen LogP contribution in [0.4, 0.5) is 27.6 Å². The maximum Gasteiger partial charge on any atom is 0.434 e. The number of pyridine rings is 1. The normalized spacial score (nSPS) is 12.4. The second-order valence-electron chi connectivity index (χ2n) is 4.80. The Bertz CT molecular complexity index is 635. The van der Waals surface area contributed by atoms with Crippen molar-refractivity contribution in [3.8, 4) is 0 Å². The molecule has 0 atom stereocenters. The number of rotatable bonds is 5. The van der Waals surface area contributed by atoms with E-state index < -0.39 is 57.7 Å². The summed E-state index contributed by atoms with van der Waals surface area (Å²) in [6, 6.07) is -0.832. The number of halogens is 6. The molecule has 1 rings (SSSR count). The monoisotopic (exact) mass is 374 g/mol. The zero-order valence-electron chi connectivity index (χ0n) is 11.9. The van der Waals surface area contributed by atoms with Crippen LogP contribution in [0.3, 0.4) is 0 Å². The molecule has 0 aliphatic heterocycles. The first-order valence-corrected chi connectivity index (χ1v) is 6.47. The summed E-state index contributed by atoms with van der Waals surface area (Å²) >= 11 is 4.63. The van der Waals surface area contributed by atoms with Gasteiger partial charge in [-0.15, -0.1) is 0 Å². The van der Waals surface area contributed by atoms with Crippen LogP contribution in [-0.2, 0) is 11.6 Å². The van der Waals surface area contributed by atoms with Crippen molar-refractivity contribution in [3.63, 3.8) is 0 Å². The molecular formula is C12H8ClF5N2O4-2. The Labute approximate surface area is 136 Å². The second kappa shape index (κ2) is 6.38. The quantitative estimate of drug-likeness (QED) is 0.607. The largest absolute Gasteiger partial charge is 0.545 e. The molecule has 0 unspecified atom stereocenters. The van der Waals surface area contributed by atoms with Crippen LogP contribution in [0, 0.1) is 0 Å². The number of hydrogen-bond donors (Lipinski definition) is 1. The van der Waals surface area contributed by atoms with E-state index in [0.29, 0.717) is 0 Å². The van der Waals surface area contributed by atoms with Gasteiger partial charge in [0.25, 0.3) is 0 Å². The van der Waals surface area contributed by atoms with Gasteiger partial charge in [0.05, 0.1) is 28.8 Å². The van der Waals surface area contributed by atoms with Crippen LogP contribution in [0.5, 0.6) is 0 Å². The standard InChI is InChI=1S/C12H10ClF5N2O4/c1-3(2)19-6-4(9(21)22)7(11(13,14)15)20-8(12(16,17)18)5(6)10(23)24/h3H,1-2H3,(H,19,20)(H,21,22)(H,23,24)/p-2. The molecule has 0 saturated heterocycles. The highest BCUT2D eigenvalue weighted by Crippen LogP contribution is 2.42. The lowest BCUT2D eigenvalue weighted by atomic mass is 10.0. The highest BCUT2D eigenvalue weighted by Gasteiger charge is 2.43. The molecule has 1 aromatic heterocycles. The Hall–Kier alpha value is -2.17. The predicted molar refractivity (Wildman–Crippen MR) is 66.4 cm³/mol. The average molecular weight is 375 g/mol. The lowest BCUT2D eigenvalue weighted by Gasteiger charge is -2.26. The first kappa shape index (κ1) is 19.9. The average Bonchev–Trinajstić information content (AvgIpc) is 2.33. The molecule has 0 bridgehead atoms. The van der Waals surface area contributed by atoms with Crippen LogP contribution in [0.2, 0.25) is 0 Å². The maximum atomic E-state index is 13.3. The zero-order valence-corrected chi connectivity index (χ0v) is 12.7. The number of nitrogens with one attached hydrogen (secondary N) is 1. The molecule has 1 N–H and O–H groups in total. The van der Waals surface area contributed by atoms with Gasteiger partial charge in [-0.25, -0.2) is 4.98 Å². The molecule has 24 heavy (non-hydrogen) atoms. The number of alkyl halides is 6. The van der Waals surface area contributed by atoms with E-state index in [-0.39, 0.29) is 0 Å². The highest BCUT2D eigenvalue weighted by molar-refractivity contribution is 6.22. The molecule has 0 amide bonds. The minimum absolute atomic E-state index is 0.832. The summed E-state index contributed by atoms with van der Waals surface area (Å²) in [6.45, 7) is 2.59. The Morgan fingerprint density at radius 1 is 1.04 bits per heavy atom. The molecule has 134 valence electrons. The van der Waals surface area contributed by atoms with Gasteiger partial charge in [-0.1, -0.05) is 0 Å². The van der Waals surface area contributed by atoms with Gasteiger partial charge in [0.2, 0.25) is 0 Å². The number of aromatic nitrogens is 1. The number of carbonyl (C=O) groups excluding carboxylic acids is 2. The van der Waals surface area contributed by atoms with Crippen LogP contribution in [0.25, 0.3) is 0 Å². The van der Waals surface area contributed by atoms with Gasteiger partial charge in [-0.2, -0.15) is 22.0 Å². The van der Waals surface area contributed by atoms with Gasteiger partial charge in [0.15, 0.2) is 5.69 Å². The Kier molecular flexibility index (Phi) is 5.28. The van der Waals surface area contributed by atoms with E-state index in [4.69, 9.17) is 0 Å². The Morgan fingerprint density at radius 2 is 1.46 bits per heavy atom. The Morgan fingerprint density at radius 3 is 1.75 bits per heavy atom. The van der Waals surface area contributed by atoms with Crippen LogP contribution in [0.1, 0.15) is 46.0 Å². The molecule has 0 aliphatic carbocycles. The predicted octanol–water partition coefficient (Wildman–Crippen LogP) is 0.936. The van der Waals surface area contributed by atoms with Crippen molar-refractivity contribution >= 4 is 29.2 Å². The van der Waals surface area contributed by atoms with Gasteiger partial charge < -0.3 is 25.1 Å². The SMILES string of the molecule is CC(C)Nc1c(C(=O)[O-])c(C(F)(F)F)nc(C(F)(F)Cl)c1C(=O)[O-]. The van der Waals surface area contributed by atoms with Crippen molar-refractivity contribution in [2.24, 2.45) is 0 Å². The van der Waals surface area contributed by atoms with Crippen molar-refractivity contribution in [2.75, 3.05) is 5.32 Å². The fourth-order valence-electron chi connectivity index (χ4n) is 1.83. The fraction of sp³-hybridized carbons (Fsp3) is 0.417. The van der Waals surface area contributed by atoms with Gasteiger partial charge in [0, 0.05) is 6.04 Å². The molecule has 1 aromatic rings. The summed E-state index contributed by atoms with van der Waals surface area (Å²) in [7, 11) is 0. The van der Waals surface area contributed by atoms with Gasteiger partial charge in [-0.3, -0.25) is 0 Å². The number of carboxylic acid groups (broad SMARTS) is 2. The van der Waals surface area contributed by atoms with Crippen LogP contribution >= 0.6 is 11.6 Å². The van der Waals surface area contributed by atoms with Crippen LogP contribution in [-0.4, -0.2) is 23.0 Å². The van der Waals surface area contributed by atoms with Crippen molar-refractivity contribution in [1.82, 2.24) is 4.98 Å². The number of carbonyl (C=O) groups is 2. The number of aromatic carboxylic acids is 2. The van der Waals surface area contributed by atoms with E-state index >= 15 is 0 Å². The minimum Gasteiger partial charge on any atom is -0.545 e. The summed E-state index contributed by atoms with van der Waals surface area (Å²) in [5.74, 6) is -4.86. The summed E-state index contributed by atoms with van der Waals surface area (Å²) in [6.07, 6.45) is -5.50. The van der Waals surface area contributed by atoms with Gasteiger partial charge in [-0.05, 0) is 25.4 Å². The number of anilines is 1.